The van der Waals surface area contributed by atoms with Gasteiger partial charge in [0.2, 0.25) is 0 Å². The minimum atomic E-state index is -0.385. The number of benzene rings is 6. The molecule has 226 valence electrons. The summed E-state index contributed by atoms with van der Waals surface area (Å²) in [5.74, 6) is -0.784. The predicted molar refractivity (Wildman–Crippen MR) is 182 cm³/mol. The van der Waals surface area contributed by atoms with Crippen LogP contribution in [0.15, 0.2) is 121 Å². The molecule has 2 heterocycles. The molecular weight excluding hydrogens is 575 g/mol. The topological polar surface area (TPSA) is 3.24 Å². The molecule has 0 N–H and O–H groups in total. The highest BCUT2D eigenvalue weighted by Gasteiger charge is 2.46. The summed E-state index contributed by atoms with van der Waals surface area (Å²) >= 11 is 0. The summed E-state index contributed by atoms with van der Waals surface area (Å²) in [4.78, 5) is 2.39. The van der Waals surface area contributed by atoms with Crippen molar-refractivity contribution in [1.82, 2.24) is 0 Å². The first-order valence-electron chi connectivity index (χ1n) is 15.6. The standard InChI is InChI=1S/C42H32F3N/c1-41(2)34-21-28(25-5-13-31(43)14-6-25)11-19-38(34)46-39-20-12-29(26-7-15-32(44)16-8-26)22-35(39)42(3,4)37-24-30(23-36(41)40(37)46)27-9-17-33(45)18-10-27/h5-24H,1-4H3. The molecule has 6 aromatic rings. The molecule has 0 aromatic heterocycles. The van der Waals surface area contributed by atoms with Crippen molar-refractivity contribution in [1.29, 1.82) is 0 Å². The second-order valence-electron chi connectivity index (χ2n) is 13.5. The van der Waals surface area contributed by atoms with Crippen LogP contribution in [0.4, 0.5) is 30.2 Å². The molecule has 0 fully saturated rings. The third kappa shape index (κ3) is 4.23. The van der Waals surface area contributed by atoms with E-state index in [-0.39, 0.29) is 28.3 Å². The second kappa shape index (κ2) is 9.95. The minimum Gasteiger partial charge on any atom is -0.309 e. The third-order valence-corrected chi connectivity index (χ3v) is 10.0. The molecule has 0 unspecified atom stereocenters. The molecule has 2 aliphatic rings. The van der Waals surface area contributed by atoms with Crippen molar-refractivity contribution in [3.8, 4) is 33.4 Å². The van der Waals surface area contributed by atoms with Crippen LogP contribution in [-0.4, -0.2) is 0 Å². The van der Waals surface area contributed by atoms with Gasteiger partial charge in [-0.25, -0.2) is 13.2 Å². The smallest absolute Gasteiger partial charge is 0.123 e. The molecule has 0 saturated heterocycles. The van der Waals surface area contributed by atoms with Gasteiger partial charge in [0.05, 0.1) is 17.1 Å². The highest BCUT2D eigenvalue weighted by molar-refractivity contribution is 5.95. The Bertz CT molecular complexity index is 2030. The van der Waals surface area contributed by atoms with Crippen LogP contribution in [0, 0.1) is 17.5 Å². The van der Waals surface area contributed by atoms with E-state index < -0.39 is 0 Å². The fraction of sp³-hybridized carbons (Fsp3) is 0.143. The van der Waals surface area contributed by atoms with E-state index in [0.717, 1.165) is 55.9 Å². The fourth-order valence-corrected chi connectivity index (χ4v) is 7.41. The molecule has 4 heteroatoms. The van der Waals surface area contributed by atoms with Crippen LogP contribution in [0.1, 0.15) is 49.9 Å². The number of fused-ring (bicyclic) bond motifs is 4. The maximum Gasteiger partial charge on any atom is 0.123 e. The lowest BCUT2D eigenvalue weighted by atomic mass is 9.65. The van der Waals surface area contributed by atoms with E-state index >= 15 is 0 Å². The Labute approximate surface area is 267 Å². The van der Waals surface area contributed by atoms with Gasteiger partial charge in [-0.05, 0) is 128 Å². The van der Waals surface area contributed by atoms with Gasteiger partial charge in [-0.2, -0.15) is 0 Å². The van der Waals surface area contributed by atoms with E-state index in [0.29, 0.717) is 0 Å². The van der Waals surface area contributed by atoms with Gasteiger partial charge in [0.1, 0.15) is 17.5 Å². The molecule has 46 heavy (non-hydrogen) atoms. The fourth-order valence-electron chi connectivity index (χ4n) is 7.41. The molecule has 0 amide bonds. The Hall–Kier alpha value is -5.09. The van der Waals surface area contributed by atoms with Gasteiger partial charge in [0, 0.05) is 10.8 Å². The van der Waals surface area contributed by atoms with Gasteiger partial charge in [0.25, 0.3) is 0 Å². The highest BCUT2D eigenvalue weighted by Crippen LogP contribution is 2.61. The van der Waals surface area contributed by atoms with Gasteiger partial charge in [-0.1, -0.05) is 76.2 Å². The van der Waals surface area contributed by atoms with Crippen molar-refractivity contribution in [3.63, 3.8) is 0 Å². The van der Waals surface area contributed by atoms with Crippen LogP contribution in [0.2, 0.25) is 0 Å². The van der Waals surface area contributed by atoms with E-state index in [9.17, 15) is 13.2 Å². The Balaban J connectivity index is 1.41. The zero-order valence-electron chi connectivity index (χ0n) is 26.1. The van der Waals surface area contributed by atoms with Crippen molar-refractivity contribution in [2.45, 2.75) is 38.5 Å². The van der Waals surface area contributed by atoms with Crippen LogP contribution in [0.5, 0.6) is 0 Å². The van der Waals surface area contributed by atoms with Crippen LogP contribution in [-0.2, 0) is 10.8 Å². The van der Waals surface area contributed by atoms with Gasteiger partial charge in [-0.15, -0.1) is 0 Å². The average molecular weight is 608 g/mol. The largest absolute Gasteiger partial charge is 0.309 e. The molecule has 0 atom stereocenters. The average Bonchev–Trinajstić information content (AvgIpc) is 3.05. The number of nitrogens with zero attached hydrogens (tertiary/aromatic N) is 1. The monoisotopic (exact) mass is 607 g/mol. The molecule has 8 rings (SSSR count). The van der Waals surface area contributed by atoms with Crippen molar-refractivity contribution in [2.75, 3.05) is 4.90 Å². The summed E-state index contributed by atoms with van der Waals surface area (Å²) in [6.07, 6.45) is 0. The summed E-state index contributed by atoms with van der Waals surface area (Å²) in [6.45, 7) is 9.06. The molecule has 2 aliphatic heterocycles. The molecule has 0 radical (unpaired) electrons. The third-order valence-electron chi connectivity index (χ3n) is 10.0. The Morgan fingerprint density at radius 3 is 1.04 bits per heavy atom. The van der Waals surface area contributed by atoms with Crippen LogP contribution in [0.3, 0.4) is 0 Å². The SMILES string of the molecule is CC1(C)c2cc(-c3ccc(F)cc3)ccc2N2c3ccc(-c4ccc(F)cc4)cc3C(C)(C)c3cc(-c4ccc(F)cc4)cc1c32. The van der Waals surface area contributed by atoms with Gasteiger partial charge in [0.15, 0.2) is 0 Å². The lowest BCUT2D eigenvalue weighted by Gasteiger charge is -2.50. The molecule has 0 saturated carbocycles. The number of hydrogen-bond acceptors (Lipinski definition) is 1. The van der Waals surface area contributed by atoms with Gasteiger partial charge in [-0.3, -0.25) is 0 Å². The molecule has 0 aliphatic carbocycles. The van der Waals surface area contributed by atoms with E-state index in [4.69, 9.17) is 0 Å². The lowest BCUT2D eigenvalue weighted by molar-refractivity contribution is 0.598. The van der Waals surface area contributed by atoms with E-state index in [1.807, 2.05) is 36.4 Å². The normalized spacial score (nSPS) is 15.2. The van der Waals surface area contributed by atoms with E-state index in [1.54, 1.807) is 0 Å². The molecule has 1 nitrogen and oxygen atoms in total. The van der Waals surface area contributed by atoms with Crippen molar-refractivity contribution in [2.24, 2.45) is 0 Å². The van der Waals surface area contributed by atoms with Crippen molar-refractivity contribution >= 4 is 17.1 Å². The molecule has 0 bridgehead atoms. The maximum atomic E-state index is 14.0. The van der Waals surface area contributed by atoms with Crippen LogP contribution in [0.25, 0.3) is 33.4 Å². The minimum absolute atomic E-state index is 0.260. The lowest BCUT2D eigenvalue weighted by Crippen LogP contribution is -2.38. The van der Waals surface area contributed by atoms with E-state index in [2.05, 4.69) is 81.1 Å². The number of hydrogen-bond donors (Lipinski definition) is 0. The Kier molecular flexibility index (Phi) is 6.14. The van der Waals surface area contributed by atoms with Gasteiger partial charge >= 0.3 is 0 Å². The molecular formula is C42H32F3N. The number of anilines is 3. The number of rotatable bonds is 3. The first-order valence-corrected chi connectivity index (χ1v) is 15.6. The second-order valence-corrected chi connectivity index (χ2v) is 13.5. The first kappa shape index (κ1) is 28.4. The predicted octanol–water partition coefficient (Wildman–Crippen LogP) is 11.9. The van der Waals surface area contributed by atoms with Gasteiger partial charge < -0.3 is 4.90 Å². The quantitative estimate of drug-likeness (QED) is 0.193. The van der Waals surface area contributed by atoms with Crippen LogP contribution < -0.4 is 4.90 Å². The summed E-state index contributed by atoms with van der Waals surface area (Å²) < 4.78 is 41.6. The molecule has 6 aromatic carbocycles. The van der Waals surface area contributed by atoms with E-state index in [1.165, 1.54) is 53.2 Å². The summed E-state index contributed by atoms with van der Waals surface area (Å²) in [7, 11) is 0. The Morgan fingerprint density at radius 2 is 0.674 bits per heavy atom. The zero-order valence-corrected chi connectivity index (χ0v) is 26.1. The summed E-state index contributed by atoms with van der Waals surface area (Å²) in [6, 6.07) is 37.6. The van der Waals surface area contributed by atoms with Crippen molar-refractivity contribution in [3.05, 3.63) is 161 Å². The highest BCUT2D eigenvalue weighted by atomic mass is 19.1. The Morgan fingerprint density at radius 1 is 0.370 bits per heavy atom. The maximum absolute atomic E-state index is 14.0. The van der Waals surface area contributed by atoms with Crippen molar-refractivity contribution < 1.29 is 13.2 Å². The first-order chi connectivity index (χ1) is 22.0. The zero-order chi connectivity index (χ0) is 32.0. The number of halogens is 3. The summed E-state index contributed by atoms with van der Waals surface area (Å²) in [5, 5.41) is 0. The summed E-state index contributed by atoms with van der Waals surface area (Å²) in [5.41, 5.74) is 13.3. The molecule has 0 spiro atoms. The van der Waals surface area contributed by atoms with Crippen LogP contribution >= 0.6 is 0 Å².